The number of rotatable bonds is 6. The molecule has 1 amide bonds. The summed E-state index contributed by atoms with van der Waals surface area (Å²) in [6.45, 7) is 4.19. The van der Waals surface area contributed by atoms with E-state index in [2.05, 4.69) is 47.2 Å². The molecule has 1 aromatic carbocycles. The summed E-state index contributed by atoms with van der Waals surface area (Å²) in [5.74, 6) is -0.441. The molecule has 3 rings (SSSR count). The quantitative estimate of drug-likeness (QED) is 0.727. The summed E-state index contributed by atoms with van der Waals surface area (Å²) in [5.41, 5.74) is 12.4. The molecule has 0 aliphatic carbocycles. The van der Waals surface area contributed by atoms with E-state index in [1.165, 1.54) is 16.7 Å². The van der Waals surface area contributed by atoms with E-state index in [1.807, 2.05) is 12.1 Å². The molecule has 0 unspecified atom stereocenters. The van der Waals surface area contributed by atoms with E-state index in [0.29, 0.717) is 18.4 Å². The molecular formula is C20H22N4O. The standard InChI is InChI=1S/C20H22N4O/c1-13-5-6-16(14(2)10-13)7-8-17-19(20(21)25)18(24-23-17)11-15-4-3-9-22-12-15/h3-6,9-10,12H,7-8,11H2,1-2H3,(H2,21,25)(H,23,24). The Hall–Kier alpha value is -2.95. The number of amides is 1. The second kappa shape index (κ2) is 7.30. The zero-order valence-electron chi connectivity index (χ0n) is 14.5. The molecular weight excluding hydrogens is 312 g/mol. The zero-order chi connectivity index (χ0) is 17.8. The Morgan fingerprint density at radius 3 is 2.72 bits per heavy atom. The molecule has 0 saturated carbocycles. The summed E-state index contributed by atoms with van der Waals surface area (Å²) in [6.07, 6.45) is 5.56. The third-order valence-corrected chi connectivity index (χ3v) is 4.40. The van der Waals surface area contributed by atoms with Crippen molar-refractivity contribution in [3.8, 4) is 0 Å². The minimum atomic E-state index is -0.441. The first kappa shape index (κ1) is 16.9. The Morgan fingerprint density at radius 1 is 1.20 bits per heavy atom. The van der Waals surface area contributed by atoms with Crippen LogP contribution in [0.25, 0.3) is 0 Å². The van der Waals surface area contributed by atoms with Gasteiger partial charge in [-0.3, -0.25) is 14.9 Å². The summed E-state index contributed by atoms with van der Waals surface area (Å²) in [7, 11) is 0. The van der Waals surface area contributed by atoms with Crippen LogP contribution in [0, 0.1) is 13.8 Å². The minimum Gasteiger partial charge on any atom is -0.365 e. The average Bonchev–Trinajstić information content (AvgIpc) is 2.98. The van der Waals surface area contributed by atoms with Gasteiger partial charge in [-0.05, 0) is 49.4 Å². The number of hydrogen-bond acceptors (Lipinski definition) is 3. The smallest absolute Gasteiger partial charge is 0.252 e. The van der Waals surface area contributed by atoms with E-state index < -0.39 is 5.91 Å². The molecule has 5 heteroatoms. The molecule has 0 aliphatic rings. The lowest BCUT2D eigenvalue weighted by molar-refractivity contribution is 0.0998. The number of H-pyrrole nitrogens is 1. The van der Waals surface area contributed by atoms with Gasteiger partial charge >= 0.3 is 0 Å². The predicted molar refractivity (Wildman–Crippen MR) is 97.5 cm³/mol. The number of aryl methyl sites for hydroxylation is 4. The maximum atomic E-state index is 12.0. The van der Waals surface area contributed by atoms with Crippen molar-refractivity contribution in [2.45, 2.75) is 33.1 Å². The number of primary amides is 1. The van der Waals surface area contributed by atoms with E-state index in [4.69, 9.17) is 5.73 Å². The van der Waals surface area contributed by atoms with Gasteiger partial charge in [-0.2, -0.15) is 5.10 Å². The number of nitrogens with zero attached hydrogens (tertiary/aromatic N) is 2. The first-order chi connectivity index (χ1) is 12.0. The molecule has 0 atom stereocenters. The lowest BCUT2D eigenvalue weighted by Gasteiger charge is -2.07. The fourth-order valence-corrected chi connectivity index (χ4v) is 3.11. The third-order valence-electron chi connectivity index (χ3n) is 4.40. The molecule has 0 saturated heterocycles. The molecule has 2 aromatic heterocycles. The summed E-state index contributed by atoms with van der Waals surface area (Å²) < 4.78 is 0. The van der Waals surface area contributed by atoms with Crippen molar-refractivity contribution in [2.24, 2.45) is 5.73 Å². The number of hydrogen-bond donors (Lipinski definition) is 2. The van der Waals surface area contributed by atoms with E-state index in [-0.39, 0.29) is 0 Å². The zero-order valence-corrected chi connectivity index (χ0v) is 14.5. The van der Waals surface area contributed by atoms with Gasteiger partial charge in [0.2, 0.25) is 0 Å². The number of benzene rings is 1. The van der Waals surface area contributed by atoms with Crippen LogP contribution in [0.4, 0.5) is 0 Å². The molecule has 3 aromatic rings. The first-order valence-corrected chi connectivity index (χ1v) is 8.35. The van der Waals surface area contributed by atoms with Gasteiger partial charge in [-0.25, -0.2) is 0 Å². The Balaban J connectivity index is 1.81. The monoisotopic (exact) mass is 334 g/mol. The van der Waals surface area contributed by atoms with Gasteiger partial charge in [0.15, 0.2) is 0 Å². The van der Waals surface area contributed by atoms with Crippen molar-refractivity contribution in [1.29, 1.82) is 0 Å². The lowest BCUT2D eigenvalue weighted by atomic mass is 9.98. The van der Waals surface area contributed by atoms with E-state index in [9.17, 15) is 4.79 Å². The van der Waals surface area contributed by atoms with Crippen LogP contribution in [0.3, 0.4) is 0 Å². The highest BCUT2D eigenvalue weighted by Gasteiger charge is 2.18. The van der Waals surface area contributed by atoms with Crippen molar-refractivity contribution < 1.29 is 4.79 Å². The molecule has 0 bridgehead atoms. The number of carbonyl (C=O) groups is 1. The Labute approximate surface area is 147 Å². The van der Waals surface area contributed by atoms with Crippen LogP contribution < -0.4 is 5.73 Å². The molecule has 3 N–H and O–H groups in total. The molecule has 2 heterocycles. The molecule has 0 fully saturated rings. The average molecular weight is 334 g/mol. The summed E-state index contributed by atoms with van der Waals surface area (Å²) in [4.78, 5) is 16.1. The van der Waals surface area contributed by atoms with Crippen molar-refractivity contribution in [1.82, 2.24) is 15.2 Å². The SMILES string of the molecule is Cc1ccc(CCc2n[nH]c(Cc3cccnc3)c2C(N)=O)c(C)c1. The Bertz CT molecular complexity index is 884. The molecule has 0 spiro atoms. The summed E-state index contributed by atoms with van der Waals surface area (Å²) in [6, 6.07) is 10.3. The highest BCUT2D eigenvalue weighted by molar-refractivity contribution is 5.95. The van der Waals surface area contributed by atoms with Gasteiger partial charge in [0.1, 0.15) is 0 Å². The van der Waals surface area contributed by atoms with Crippen LogP contribution in [0.2, 0.25) is 0 Å². The lowest BCUT2D eigenvalue weighted by Crippen LogP contribution is -2.15. The van der Waals surface area contributed by atoms with Gasteiger partial charge in [0.25, 0.3) is 5.91 Å². The van der Waals surface area contributed by atoms with Gasteiger partial charge in [0.05, 0.1) is 17.0 Å². The number of nitrogens with two attached hydrogens (primary N) is 1. The third kappa shape index (κ3) is 3.94. The maximum absolute atomic E-state index is 12.0. The number of pyridine rings is 1. The number of nitrogens with one attached hydrogen (secondary N) is 1. The first-order valence-electron chi connectivity index (χ1n) is 8.35. The van der Waals surface area contributed by atoms with Crippen LogP contribution in [0.1, 0.15) is 44.0 Å². The highest BCUT2D eigenvalue weighted by Crippen LogP contribution is 2.18. The van der Waals surface area contributed by atoms with Crippen molar-refractivity contribution in [3.05, 3.63) is 81.9 Å². The van der Waals surface area contributed by atoms with E-state index in [0.717, 1.165) is 23.4 Å². The van der Waals surface area contributed by atoms with Gasteiger partial charge in [-0.1, -0.05) is 29.8 Å². The molecule has 25 heavy (non-hydrogen) atoms. The topological polar surface area (TPSA) is 84.7 Å². The van der Waals surface area contributed by atoms with E-state index >= 15 is 0 Å². The van der Waals surface area contributed by atoms with Gasteiger partial charge in [-0.15, -0.1) is 0 Å². The maximum Gasteiger partial charge on any atom is 0.252 e. The Morgan fingerprint density at radius 2 is 2.04 bits per heavy atom. The second-order valence-corrected chi connectivity index (χ2v) is 6.36. The van der Waals surface area contributed by atoms with Crippen LogP contribution in [-0.4, -0.2) is 21.1 Å². The fourth-order valence-electron chi connectivity index (χ4n) is 3.11. The Kier molecular flexibility index (Phi) is 4.93. The minimum absolute atomic E-state index is 0.441. The number of carbonyl (C=O) groups excluding carboxylic acids is 1. The summed E-state index contributed by atoms with van der Waals surface area (Å²) >= 11 is 0. The van der Waals surface area contributed by atoms with Crippen LogP contribution in [0.5, 0.6) is 0 Å². The van der Waals surface area contributed by atoms with Crippen LogP contribution in [0.15, 0.2) is 42.7 Å². The van der Waals surface area contributed by atoms with Crippen molar-refractivity contribution in [2.75, 3.05) is 0 Å². The number of aromatic amines is 1. The van der Waals surface area contributed by atoms with Crippen molar-refractivity contribution >= 4 is 5.91 Å². The largest absolute Gasteiger partial charge is 0.365 e. The molecule has 128 valence electrons. The highest BCUT2D eigenvalue weighted by atomic mass is 16.1. The summed E-state index contributed by atoms with van der Waals surface area (Å²) in [5, 5.41) is 7.34. The fraction of sp³-hybridized carbons (Fsp3) is 0.250. The molecule has 0 radical (unpaired) electrons. The van der Waals surface area contributed by atoms with Crippen molar-refractivity contribution in [3.63, 3.8) is 0 Å². The predicted octanol–water partition coefficient (Wildman–Crippen LogP) is 2.90. The normalized spacial score (nSPS) is 10.8. The van der Waals surface area contributed by atoms with E-state index in [1.54, 1.807) is 12.4 Å². The van der Waals surface area contributed by atoms with Crippen LogP contribution >= 0.6 is 0 Å². The van der Waals surface area contributed by atoms with Crippen LogP contribution in [-0.2, 0) is 19.3 Å². The second-order valence-electron chi connectivity index (χ2n) is 6.36. The van der Waals surface area contributed by atoms with Gasteiger partial charge < -0.3 is 5.73 Å². The number of aromatic nitrogens is 3. The molecule has 0 aliphatic heterocycles. The molecule has 5 nitrogen and oxygen atoms in total. The van der Waals surface area contributed by atoms with Gasteiger partial charge in [0, 0.05) is 18.8 Å².